The Balaban J connectivity index is 3.53. The number of carboxylic acids is 1. The minimum absolute atomic E-state index is 0.305. The van der Waals surface area contributed by atoms with Crippen molar-refractivity contribution in [2.24, 2.45) is 0 Å². The minimum Gasteiger partial charge on any atom is -0.478 e. The van der Waals surface area contributed by atoms with Gasteiger partial charge in [0.25, 0.3) is 0 Å². The zero-order valence-electron chi connectivity index (χ0n) is 8.87. The van der Waals surface area contributed by atoms with Gasteiger partial charge in [0, 0.05) is 0 Å². The first-order valence-electron chi connectivity index (χ1n) is 4.93. The molecule has 0 aromatic heterocycles. The molecule has 0 amide bonds. The maximum Gasteiger partial charge on any atom is 0.336 e. The predicted octanol–water partition coefficient (Wildman–Crippen LogP) is 2.38. The summed E-state index contributed by atoms with van der Waals surface area (Å²) in [7, 11) is 0. The highest BCUT2D eigenvalue weighted by Gasteiger charge is 2.16. The lowest BCUT2D eigenvalue weighted by molar-refractivity contribution is 0.0694. The first kappa shape index (κ1) is 11.3. The summed E-state index contributed by atoms with van der Waals surface area (Å²) in [5, 5.41) is 18.0. The fraction of sp³-hybridized carbons (Fsp3) is 0.333. The highest BCUT2D eigenvalue weighted by molar-refractivity contribution is 5.92. The Labute approximate surface area is 89.0 Å². The van der Waals surface area contributed by atoms with Crippen LogP contribution in [0.5, 0.6) is 0 Å². The molecule has 0 spiro atoms. The Bertz CT molecular complexity index is 430. The van der Waals surface area contributed by atoms with Crippen LogP contribution >= 0.6 is 0 Å². The maximum absolute atomic E-state index is 11.1. The molecule has 1 aromatic rings. The van der Waals surface area contributed by atoms with Crippen molar-refractivity contribution < 1.29 is 9.90 Å². The molecule has 0 unspecified atom stereocenters. The molecule has 0 fully saturated rings. The van der Waals surface area contributed by atoms with Crippen LogP contribution in [0.3, 0.4) is 0 Å². The van der Waals surface area contributed by atoms with Gasteiger partial charge in [0.15, 0.2) is 0 Å². The molecule has 1 rings (SSSR count). The number of aromatic carboxylic acids is 1. The van der Waals surface area contributed by atoms with Crippen molar-refractivity contribution in [2.45, 2.75) is 26.7 Å². The van der Waals surface area contributed by atoms with E-state index < -0.39 is 5.97 Å². The fourth-order valence-corrected chi connectivity index (χ4v) is 1.73. The Hall–Kier alpha value is -1.82. The molecule has 3 nitrogen and oxygen atoms in total. The van der Waals surface area contributed by atoms with Gasteiger partial charge < -0.3 is 5.11 Å². The number of benzene rings is 1. The van der Waals surface area contributed by atoms with Crippen molar-refractivity contribution in [2.75, 3.05) is 0 Å². The zero-order valence-corrected chi connectivity index (χ0v) is 8.87. The van der Waals surface area contributed by atoms with Gasteiger partial charge in [-0.1, -0.05) is 19.9 Å². The summed E-state index contributed by atoms with van der Waals surface area (Å²) >= 11 is 0. The molecule has 0 heterocycles. The molecule has 15 heavy (non-hydrogen) atoms. The van der Waals surface area contributed by atoms with E-state index in [-0.39, 0.29) is 0 Å². The highest BCUT2D eigenvalue weighted by atomic mass is 16.4. The quantitative estimate of drug-likeness (QED) is 0.820. The molecule has 0 aliphatic heterocycles. The number of carbonyl (C=O) groups is 1. The van der Waals surface area contributed by atoms with E-state index in [2.05, 4.69) is 0 Å². The molecule has 0 aliphatic rings. The van der Waals surface area contributed by atoms with E-state index in [9.17, 15) is 4.79 Å². The summed E-state index contributed by atoms with van der Waals surface area (Å²) in [6, 6.07) is 5.45. The summed E-state index contributed by atoms with van der Waals surface area (Å²) in [4.78, 5) is 11.1. The lowest BCUT2D eigenvalue weighted by Gasteiger charge is -2.10. The second-order valence-corrected chi connectivity index (χ2v) is 3.25. The summed E-state index contributed by atoms with van der Waals surface area (Å²) in [5.41, 5.74) is 2.20. The van der Waals surface area contributed by atoms with Crippen LogP contribution in [0.4, 0.5) is 0 Å². The fourth-order valence-electron chi connectivity index (χ4n) is 1.73. The van der Waals surface area contributed by atoms with Crippen molar-refractivity contribution in [1.29, 1.82) is 5.26 Å². The second-order valence-electron chi connectivity index (χ2n) is 3.25. The van der Waals surface area contributed by atoms with E-state index in [1.807, 2.05) is 19.9 Å². The number of nitriles is 1. The largest absolute Gasteiger partial charge is 0.478 e. The van der Waals surface area contributed by atoms with Gasteiger partial charge in [-0.2, -0.15) is 5.26 Å². The molecule has 0 bridgehead atoms. The normalized spacial score (nSPS) is 9.67. The van der Waals surface area contributed by atoms with Crippen LogP contribution in [0.15, 0.2) is 12.1 Å². The molecule has 3 heteroatoms. The second kappa shape index (κ2) is 4.61. The van der Waals surface area contributed by atoms with Crippen LogP contribution < -0.4 is 0 Å². The van der Waals surface area contributed by atoms with Gasteiger partial charge in [-0.15, -0.1) is 0 Å². The number of aryl methyl sites for hydroxylation is 1. The standard InChI is InChI=1S/C12H13NO2/c1-3-8-5-6-9(7-13)10(4-2)11(8)12(14)15/h5-6H,3-4H2,1-2H3,(H,14,15). The van der Waals surface area contributed by atoms with Crippen molar-refractivity contribution in [1.82, 2.24) is 0 Å². The molecular weight excluding hydrogens is 190 g/mol. The van der Waals surface area contributed by atoms with Gasteiger partial charge >= 0.3 is 5.97 Å². The lowest BCUT2D eigenvalue weighted by Crippen LogP contribution is -2.08. The van der Waals surface area contributed by atoms with Crippen LogP contribution in [0.25, 0.3) is 0 Å². The average molecular weight is 203 g/mol. The zero-order chi connectivity index (χ0) is 11.4. The Kier molecular flexibility index (Phi) is 3.46. The van der Waals surface area contributed by atoms with Gasteiger partial charge in [0.1, 0.15) is 0 Å². The first-order valence-corrected chi connectivity index (χ1v) is 4.93. The summed E-state index contributed by atoms with van der Waals surface area (Å²) in [6.45, 7) is 3.77. The Morgan fingerprint density at radius 1 is 1.40 bits per heavy atom. The summed E-state index contributed by atoms with van der Waals surface area (Å²) in [5.74, 6) is -0.944. The summed E-state index contributed by atoms with van der Waals surface area (Å²) < 4.78 is 0. The maximum atomic E-state index is 11.1. The Morgan fingerprint density at radius 3 is 2.47 bits per heavy atom. The third-order valence-electron chi connectivity index (χ3n) is 2.47. The van der Waals surface area contributed by atoms with Gasteiger partial charge in [0.05, 0.1) is 17.2 Å². The van der Waals surface area contributed by atoms with Gasteiger partial charge in [-0.25, -0.2) is 4.79 Å². The molecule has 78 valence electrons. The van der Waals surface area contributed by atoms with E-state index in [4.69, 9.17) is 10.4 Å². The van der Waals surface area contributed by atoms with Crippen molar-refractivity contribution in [3.05, 3.63) is 34.4 Å². The minimum atomic E-state index is -0.944. The van der Waals surface area contributed by atoms with Crippen LogP contribution in [0.1, 0.15) is 40.9 Å². The molecule has 0 atom stereocenters. The number of carboxylic acid groups (broad SMARTS) is 1. The lowest BCUT2D eigenvalue weighted by atomic mass is 9.93. The van der Waals surface area contributed by atoms with Gasteiger partial charge in [-0.3, -0.25) is 0 Å². The van der Waals surface area contributed by atoms with E-state index in [1.165, 1.54) is 0 Å². The third-order valence-corrected chi connectivity index (χ3v) is 2.47. The number of hydrogen-bond acceptors (Lipinski definition) is 2. The van der Waals surface area contributed by atoms with Crippen LogP contribution in [0, 0.1) is 11.3 Å². The van der Waals surface area contributed by atoms with Crippen LogP contribution in [-0.2, 0) is 12.8 Å². The van der Waals surface area contributed by atoms with E-state index in [0.29, 0.717) is 29.5 Å². The van der Waals surface area contributed by atoms with Crippen LogP contribution in [0.2, 0.25) is 0 Å². The SMILES string of the molecule is CCc1ccc(C#N)c(CC)c1C(=O)O. The van der Waals surface area contributed by atoms with E-state index in [1.54, 1.807) is 12.1 Å². The van der Waals surface area contributed by atoms with E-state index in [0.717, 1.165) is 5.56 Å². The van der Waals surface area contributed by atoms with Crippen molar-refractivity contribution in [3.63, 3.8) is 0 Å². The molecular formula is C12H13NO2. The number of nitrogens with zero attached hydrogens (tertiary/aromatic N) is 1. The number of rotatable bonds is 3. The topological polar surface area (TPSA) is 61.1 Å². The smallest absolute Gasteiger partial charge is 0.336 e. The highest BCUT2D eigenvalue weighted by Crippen LogP contribution is 2.20. The predicted molar refractivity (Wildman–Crippen MR) is 56.9 cm³/mol. The summed E-state index contributed by atoms with van der Waals surface area (Å²) in [6.07, 6.45) is 1.23. The van der Waals surface area contributed by atoms with Crippen molar-refractivity contribution >= 4 is 5.97 Å². The molecule has 1 aromatic carbocycles. The van der Waals surface area contributed by atoms with Gasteiger partial charge in [-0.05, 0) is 30.0 Å². The van der Waals surface area contributed by atoms with Crippen LogP contribution in [-0.4, -0.2) is 11.1 Å². The molecule has 0 radical (unpaired) electrons. The van der Waals surface area contributed by atoms with Crippen molar-refractivity contribution in [3.8, 4) is 6.07 Å². The molecule has 0 saturated carbocycles. The molecule has 0 saturated heterocycles. The van der Waals surface area contributed by atoms with E-state index >= 15 is 0 Å². The van der Waals surface area contributed by atoms with Gasteiger partial charge in [0.2, 0.25) is 0 Å². The molecule has 0 aliphatic carbocycles. The monoisotopic (exact) mass is 203 g/mol. The third kappa shape index (κ3) is 1.99. The molecule has 1 N–H and O–H groups in total. The Morgan fingerprint density at radius 2 is 2.07 bits per heavy atom. The first-order chi connectivity index (χ1) is 7.15. The number of hydrogen-bond donors (Lipinski definition) is 1. The average Bonchev–Trinajstić information content (AvgIpc) is 2.26.